The van der Waals surface area contributed by atoms with Gasteiger partial charge in [-0.1, -0.05) is 0 Å². The Hall–Kier alpha value is -1.23. The molecule has 4 nitrogen and oxygen atoms in total. The van der Waals surface area contributed by atoms with Crippen molar-refractivity contribution in [2.24, 2.45) is 0 Å². The summed E-state index contributed by atoms with van der Waals surface area (Å²) >= 11 is 0. The molecule has 0 aliphatic carbocycles. The molecule has 0 bridgehead atoms. The van der Waals surface area contributed by atoms with E-state index in [2.05, 4.69) is 9.97 Å². The SMILES string of the molecule is COCC1(F)CCN(c2cc(C)ncn2)C1. The Morgan fingerprint density at radius 3 is 3.06 bits per heavy atom. The Morgan fingerprint density at radius 2 is 2.38 bits per heavy atom. The molecule has 16 heavy (non-hydrogen) atoms. The van der Waals surface area contributed by atoms with Crippen molar-refractivity contribution in [2.45, 2.75) is 19.0 Å². The summed E-state index contributed by atoms with van der Waals surface area (Å²) in [5, 5.41) is 0. The monoisotopic (exact) mass is 225 g/mol. The highest BCUT2D eigenvalue weighted by atomic mass is 19.1. The van der Waals surface area contributed by atoms with E-state index in [4.69, 9.17) is 4.74 Å². The number of methoxy groups -OCH3 is 1. The van der Waals surface area contributed by atoms with E-state index in [0.717, 1.165) is 11.5 Å². The first-order chi connectivity index (χ1) is 7.63. The predicted octanol–water partition coefficient (Wildman–Crippen LogP) is 1.35. The smallest absolute Gasteiger partial charge is 0.153 e. The minimum atomic E-state index is -1.24. The lowest BCUT2D eigenvalue weighted by Crippen LogP contribution is -2.33. The van der Waals surface area contributed by atoms with Gasteiger partial charge in [0.05, 0.1) is 13.2 Å². The second-order valence-electron chi connectivity index (χ2n) is 4.27. The average Bonchev–Trinajstić information content (AvgIpc) is 2.61. The van der Waals surface area contributed by atoms with Gasteiger partial charge < -0.3 is 9.64 Å². The maximum absolute atomic E-state index is 14.1. The van der Waals surface area contributed by atoms with Crippen molar-refractivity contribution in [3.63, 3.8) is 0 Å². The number of halogens is 1. The quantitative estimate of drug-likeness (QED) is 0.778. The summed E-state index contributed by atoms with van der Waals surface area (Å²) in [4.78, 5) is 10.1. The van der Waals surface area contributed by atoms with E-state index in [-0.39, 0.29) is 6.61 Å². The number of aromatic nitrogens is 2. The van der Waals surface area contributed by atoms with Gasteiger partial charge >= 0.3 is 0 Å². The minimum Gasteiger partial charge on any atom is -0.381 e. The number of ether oxygens (including phenoxy) is 1. The molecule has 1 aliphatic rings. The highest BCUT2D eigenvalue weighted by Crippen LogP contribution is 2.28. The molecular weight excluding hydrogens is 209 g/mol. The van der Waals surface area contributed by atoms with Crippen LogP contribution in [0.4, 0.5) is 10.2 Å². The molecule has 5 heteroatoms. The largest absolute Gasteiger partial charge is 0.381 e. The number of alkyl halides is 1. The number of aryl methyl sites for hydroxylation is 1. The first kappa shape index (κ1) is 11.3. The molecule has 1 aromatic heterocycles. The number of hydrogen-bond donors (Lipinski definition) is 0. The summed E-state index contributed by atoms with van der Waals surface area (Å²) in [7, 11) is 1.53. The number of anilines is 1. The van der Waals surface area contributed by atoms with Crippen molar-refractivity contribution >= 4 is 5.82 Å². The Morgan fingerprint density at radius 1 is 1.56 bits per heavy atom. The van der Waals surface area contributed by atoms with E-state index in [9.17, 15) is 4.39 Å². The summed E-state index contributed by atoms with van der Waals surface area (Å²) in [5.74, 6) is 0.795. The first-order valence-corrected chi connectivity index (χ1v) is 5.34. The van der Waals surface area contributed by atoms with Gasteiger partial charge in [0.1, 0.15) is 12.1 Å². The number of rotatable bonds is 3. The van der Waals surface area contributed by atoms with Crippen LogP contribution in [-0.4, -0.2) is 42.4 Å². The van der Waals surface area contributed by atoms with Gasteiger partial charge in [-0.25, -0.2) is 14.4 Å². The molecular formula is C11H16FN3O. The minimum absolute atomic E-state index is 0.146. The molecule has 88 valence electrons. The van der Waals surface area contributed by atoms with Crippen LogP contribution in [0.25, 0.3) is 0 Å². The summed E-state index contributed by atoms with van der Waals surface area (Å²) in [6, 6.07) is 1.87. The zero-order chi connectivity index (χ0) is 11.6. The molecule has 1 aromatic rings. The fourth-order valence-electron chi connectivity index (χ4n) is 2.02. The van der Waals surface area contributed by atoms with Crippen molar-refractivity contribution < 1.29 is 9.13 Å². The van der Waals surface area contributed by atoms with E-state index >= 15 is 0 Å². The lowest BCUT2D eigenvalue weighted by Gasteiger charge is -2.20. The Balaban J connectivity index is 2.09. The fraction of sp³-hybridized carbons (Fsp3) is 0.636. The van der Waals surface area contributed by atoms with E-state index in [0.29, 0.717) is 19.5 Å². The highest BCUT2D eigenvalue weighted by Gasteiger charge is 2.38. The van der Waals surface area contributed by atoms with Crippen molar-refractivity contribution in [1.82, 2.24) is 9.97 Å². The van der Waals surface area contributed by atoms with Crippen LogP contribution in [0.15, 0.2) is 12.4 Å². The second kappa shape index (κ2) is 4.33. The van der Waals surface area contributed by atoms with Crippen molar-refractivity contribution in [3.05, 3.63) is 18.1 Å². The molecule has 1 fully saturated rings. The van der Waals surface area contributed by atoms with Gasteiger partial charge in [0.15, 0.2) is 5.67 Å². The number of nitrogens with zero attached hydrogens (tertiary/aromatic N) is 3. The molecule has 1 atom stereocenters. The van der Waals surface area contributed by atoms with Gasteiger partial charge in [-0.3, -0.25) is 0 Å². The first-order valence-electron chi connectivity index (χ1n) is 5.34. The van der Waals surface area contributed by atoms with Gasteiger partial charge in [-0.05, 0) is 6.92 Å². The molecule has 0 amide bonds. The van der Waals surface area contributed by atoms with Gasteiger partial charge in [0.25, 0.3) is 0 Å². The van der Waals surface area contributed by atoms with Crippen molar-refractivity contribution in [3.8, 4) is 0 Å². The zero-order valence-corrected chi connectivity index (χ0v) is 9.61. The molecule has 1 aliphatic heterocycles. The normalized spacial score (nSPS) is 25.1. The molecule has 0 N–H and O–H groups in total. The predicted molar refractivity (Wildman–Crippen MR) is 59.3 cm³/mol. The lowest BCUT2D eigenvalue weighted by molar-refractivity contribution is 0.0570. The summed E-state index contributed by atoms with van der Waals surface area (Å²) in [6.45, 7) is 3.07. The van der Waals surface area contributed by atoms with Gasteiger partial charge in [0.2, 0.25) is 0 Å². The zero-order valence-electron chi connectivity index (χ0n) is 9.61. The Kier molecular flexibility index (Phi) is 3.05. The Bertz CT molecular complexity index is 374. The highest BCUT2D eigenvalue weighted by molar-refractivity contribution is 5.41. The molecule has 0 radical (unpaired) electrons. The van der Waals surface area contributed by atoms with E-state index in [1.165, 1.54) is 13.4 Å². The molecule has 1 saturated heterocycles. The van der Waals surface area contributed by atoms with E-state index in [1.807, 2.05) is 17.9 Å². The van der Waals surface area contributed by atoms with Crippen molar-refractivity contribution in [2.75, 3.05) is 31.7 Å². The van der Waals surface area contributed by atoms with Crippen LogP contribution < -0.4 is 4.90 Å². The summed E-state index contributed by atoms with van der Waals surface area (Å²) < 4.78 is 19.0. The van der Waals surface area contributed by atoms with Crippen LogP contribution in [0, 0.1) is 6.92 Å². The summed E-state index contributed by atoms with van der Waals surface area (Å²) in [5.41, 5.74) is -0.346. The van der Waals surface area contributed by atoms with Crippen LogP contribution >= 0.6 is 0 Å². The fourth-order valence-corrected chi connectivity index (χ4v) is 2.02. The molecule has 0 aromatic carbocycles. The average molecular weight is 225 g/mol. The van der Waals surface area contributed by atoms with Crippen LogP contribution in [-0.2, 0) is 4.74 Å². The van der Waals surface area contributed by atoms with Gasteiger partial charge in [-0.2, -0.15) is 0 Å². The molecule has 2 rings (SSSR count). The number of hydrogen-bond acceptors (Lipinski definition) is 4. The van der Waals surface area contributed by atoms with Gasteiger partial charge in [0, 0.05) is 31.8 Å². The van der Waals surface area contributed by atoms with E-state index < -0.39 is 5.67 Å². The molecule has 0 saturated carbocycles. The van der Waals surface area contributed by atoms with Crippen molar-refractivity contribution in [1.29, 1.82) is 0 Å². The standard InChI is InChI=1S/C11H16FN3O/c1-9-5-10(14-8-13-9)15-4-3-11(12,6-15)7-16-2/h5,8H,3-4,6-7H2,1-2H3. The van der Waals surface area contributed by atoms with Crippen LogP contribution in [0.2, 0.25) is 0 Å². The molecule has 1 unspecified atom stereocenters. The van der Waals surface area contributed by atoms with Gasteiger partial charge in [-0.15, -0.1) is 0 Å². The summed E-state index contributed by atoms with van der Waals surface area (Å²) in [6.07, 6.45) is 2.00. The topological polar surface area (TPSA) is 38.2 Å². The van der Waals surface area contributed by atoms with Crippen LogP contribution in [0.3, 0.4) is 0 Å². The maximum atomic E-state index is 14.1. The molecule has 0 spiro atoms. The van der Waals surface area contributed by atoms with Crippen LogP contribution in [0.1, 0.15) is 12.1 Å². The molecule has 2 heterocycles. The Labute approximate surface area is 94.5 Å². The van der Waals surface area contributed by atoms with Crippen LogP contribution in [0.5, 0.6) is 0 Å². The third-order valence-corrected chi connectivity index (χ3v) is 2.82. The lowest BCUT2D eigenvalue weighted by atomic mass is 10.1. The third kappa shape index (κ3) is 2.29. The third-order valence-electron chi connectivity index (χ3n) is 2.82. The van der Waals surface area contributed by atoms with E-state index in [1.54, 1.807) is 0 Å². The maximum Gasteiger partial charge on any atom is 0.153 e. The second-order valence-corrected chi connectivity index (χ2v) is 4.27.